The number of carbonyl (C=O) groups excluding carboxylic acids is 2. The van der Waals surface area contributed by atoms with Gasteiger partial charge < -0.3 is 10.6 Å². The number of nitrogens with zero attached hydrogens (tertiary/aromatic N) is 1. The summed E-state index contributed by atoms with van der Waals surface area (Å²) in [5.41, 5.74) is 0.479. The molecule has 0 aliphatic heterocycles. The Balaban J connectivity index is 1.36. The first-order valence-electron chi connectivity index (χ1n) is 8.98. The second-order valence-corrected chi connectivity index (χ2v) is 7.45. The number of fused-ring (bicyclic) bond motifs is 1. The van der Waals surface area contributed by atoms with Gasteiger partial charge in [-0.2, -0.15) is 0 Å². The molecule has 0 saturated carbocycles. The van der Waals surface area contributed by atoms with Crippen molar-refractivity contribution < 1.29 is 22.8 Å². The second kappa shape index (κ2) is 9.51. The summed E-state index contributed by atoms with van der Waals surface area (Å²) < 4.78 is 40.7. The minimum Gasteiger partial charge on any atom is -0.347 e. The minimum absolute atomic E-state index is 0.234. The summed E-state index contributed by atoms with van der Waals surface area (Å²) in [6, 6.07) is 9.49. The molecule has 2 N–H and O–H groups in total. The highest BCUT2D eigenvalue weighted by Crippen LogP contribution is 2.23. The molecule has 1 aromatic heterocycles. The van der Waals surface area contributed by atoms with Crippen LogP contribution in [0.2, 0.25) is 0 Å². The zero-order valence-electron chi connectivity index (χ0n) is 15.3. The summed E-state index contributed by atoms with van der Waals surface area (Å²) in [6.45, 7) is -0.394. The zero-order chi connectivity index (χ0) is 20.8. The van der Waals surface area contributed by atoms with Gasteiger partial charge in [0.2, 0.25) is 11.8 Å². The first kappa shape index (κ1) is 20.8. The zero-order valence-corrected chi connectivity index (χ0v) is 16.1. The van der Waals surface area contributed by atoms with Crippen molar-refractivity contribution >= 4 is 39.1 Å². The van der Waals surface area contributed by atoms with Gasteiger partial charge in [-0.05, 0) is 43.5 Å². The van der Waals surface area contributed by atoms with Crippen molar-refractivity contribution in [2.45, 2.75) is 25.7 Å². The molecular formula is C20H18F3N3O2S. The number of rotatable bonds is 8. The number of halogens is 3. The molecule has 0 fully saturated rings. The van der Waals surface area contributed by atoms with E-state index in [4.69, 9.17) is 0 Å². The number of thiazole rings is 1. The van der Waals surface area contributed by atoms with Gasteiger partial charge in [0.1, 0.15) is 0 Å². The van der Waals surface area contributed by atoms with Crippen molar-refractivity contribution in [2.75, 3.05) is 11.9 Å². The van der Waals surface area contributed by atoms with Crippen LogP contribution < -0.4 is 10.6 Å². The third-order valence-electron chi connectivity index (χ3n) is 4.14. The molecule has 0 spiro atoms. The number of nitrogens with one attached hydrogen (secondary N) is 2. The summed E-state index contributed by atoms with van der Waals surface area (Å²) >= 11 is 1.63. The Bertz CT molecular complexity index is 1010. The molecule has 0 unspecified atom stereocenters. The maximum absolute atomic E-state index is 13.5. The molecule has 3 rings (SSSR count). The molecule has 0 atom stereocenters. The Hall–Kier alpha value is -2.94. The quantitative estimate of drug-likeness (QED) is 0.423. The molecule has 3 aromatic rings. The van der Waals surface area contributed by atoms with E-state index in [0.717, 1.165) is 34.1 Å². The fourth-order valence-corrected chi connectivity index (χ4v) is 3.68. The summed E-state index contributed by atoms with van der Waals surface area (Å²) in [4.78, 5) is 28.1. The third kappa shape index (κ3) is 5.54. The van der Waals surface area contributed by atoms with Crippen LogP contribution in [0.3, 0.4) is 0 Å². The lowest BCUT2D eigenvalue weighted by Crippen LogP contribution is -2.33. The minimum atomic E-state index is -1.67. The van der Waals surface area contributed by atoms with Gasteiger partial charge in [-0.15, -0.1) is 11.3 Å². The van der Waals surface area contributed by atoms with Crippen LogP contribution in [0.15, 0.2) is 36.4 Å². The highest BCUT2D eigenvalue weighted by molar-refractivity contribution is 7.18. The standard InChI is InChI=1S/C20H18F3N3O2S/c21-12-9-10-14(20(23)19(12)22)25-17(28)11-24-16(27)7-3-4-8-18-26-13-5-1-2-6-15(13)29-18/h1-2,5-6,9-10H,3-4,7-8,11H2,(H,24,27)(H,25,28). The van der Waals surface area contributed by atoms with E-state index in [1.807, 2.05) is 24.3 Å². The summed E-state index contributed by atoms with van der Waals surface area (Å²) in [5, 5.41) is 5.52. The number of unbranched alkanes of at least 4 members (excludes halogenated alkanes) is 1. The van der Waals surface area contributed by atoms with Gasteiger partial charge in [0.05, 0.1) is 27.5 Å². The molecule has 0 radical (unpaired) electrons. The molecule has 0 saturated heterocycles. The number of anilines is 1. The molecule has 9 heteroatoms. The van der Waals surface area contributed by atoms with Crippen molar-refractivity contribution in [3.8, 4) is 0 Å². The Kier molecular flexibility index (Phi) is 6.82. The van der Waals surface area contributed by atoms with E-state index in [0.29, 0.717) is 12.5 Å². The van der Waals surface area contributed by atoms with Crippen molar-refractivity contribution in [2.24, 2.45) is 0 Å². The second-order valence-electron chi connectivity index (χ2n) is 6.33. The van der Waals surface area contributed by atoms with Gasteiger partial charge in [0, 0.05) is 6.42 Å². The van der Waals surface area contributed by atoms with E-state index in [1.54, 1.807) is 11.3 Å². The van der Waals surface area contributed by atoms with E-state index in [1.165, 1.54) is 0 Å². The van der Waals surface area contributed by atoms with E-state index >= 15 is 0 Å². The smallest absolute Gasteiger partial charge is 0.243 e. The van der Waals surface area contributed by atoms with Crippen LogP contribution in [0, 0.1) is 17.5 Å². The number of hydrogen-bond acceptors (Lipinski definition) is 4. The highest BCUT2D eigenvalue weighted by Gasteiger charge is 2.15. The monoisotopic (exact) mass is 421 g/mol. The molecule has 0 aliphatic carbocycles. The molecule has 2 amide bonds. The van der Waals surface area contributed by atoms with E-state index in [-0.39, 0.29) is 12.3 Å². The van der Waals surface area contributed by atoms with E-state index in [9.17, 15) is 22.8 Å². The summed E-state index contributed by atoms with van der Waals surface area (Å²) in [7, 11) is 0. The lowest BCUT2D eigenvalue weighted by Gasteiger charge is -2.08. The number of hydrogen-bond donors (Lipinski definition) is 2. The van der Waals surface area contributed by atoms with Gasteiger partial charge in [-0.1, -0.05) is 12.1 Å². The number of amides is 2. The number of benzene rings is 2. The number of para-hydroxylation sites is 1. The fourth-order valence-electron chi connectivity index (χ4n) is 2.67. The highest BCUT2D eigenvalue weighted by atomic mass is 32.1. The van der Waals surface area contributed by atoms with Crippen molar-refractivity contribution in [1.29, 1.82) is 0 Å². The van der Waals surface area contributed by atoms with Crippen LogP contribution in [-0.2, 0) is 16.0 Å². The largest absolute Gasteiger partial charge is 0.347 e. The Morgan fingerprint density at radius 3 is 2.55 bits per heavy atom. The van der Waals surface area contributed by atoms with Crippen molar-refractivity contribution in [3.05, 3.63) is 58.9 Å². The maximum Gasteiger partial charge on any atom is 0.243 e. The van der Waals surface area contributed by atoms with Crippen LogP contribution in [0.1, 0.15) is 24.3 Å². The molecule has 2 aromatic carbocycles. The Morgan fingerprint density at radius 1 is 0.966 bits per heavy atom. The summed E-state index contributed by atoms with van der Waals surface area (Å²) in [6.07, 6.45) is 2.40. The predicted molar refractivity (Wildman–Crippen MR) is 105 cm³/mol. The first-order chi connectivity index (χ1) is 13.9. The van der Waals surface area contributed by atoms with Crippen LogP contribution in [0.5, 0.6) is 0 Å². The van der Waals surface area contributed by atoms with E-state index < -0.39 is 35.6 Å². The average molecular weight is 421 g/mol. The SMILES string of the molecule is O=C(CCCCc1nc2ccccc2s1)NCC(=O)Nc1ccc(F)c(F)c1F. The molecule has 0 aliphatic rings. The topological polar surface area (TPSA) is 71.1 Å². The Labute approximate surface area is 169 Å². The fraction of sp³-hybridized carbons (Fsp3) is 0.250. The number of aryl methyl sites for hydroxylation is 1. The molecular weight excluding hydrogens is 403 g/mol. The van der Waals surface area contributed by atoms with Gasteiger partial charge in [-0.3, -0.25) is 9.59 Å². The molecule has 0 bridgehead atoms. The number of aromatic nitrogens is 1. The van der Waals surface area contributed by atoms with Crippen LogP contribution in [-0.4, -0.2) is 23.3 Å². The molecule has 29 heavy (non-hydrogen) atoms. The first-order valence-corrected chi connectivity index (χ1v) is 9.80. The lowest BCUT2D eigenvalue weighted by molar-refractivity contribution is -0.124. The van der Waals surface area contributed by atoms with Crippen LogP contribution in [0.4, 0.5) is 18.9 Å². The molecule has 5 nitrogen and oxygen atoms in total. The van der Waals surface area contributed by atoms with Crippen LogP contribution in [0.25, 0.3) is 10.2 Å². The van der Waals surface area contributed by atoms with Crippen LogP contribution >= 0.6 is 11.3 Å². The van der Waals surface area contributed by atoms with Gasteiger partial charge in [-0.25, -0.2) is 18.2 Å². The molecule has 152 valence electrons. The predicted octanol–water partition coefficient (Wildman–Crippen LogP) is 4.18. The van der Waals surface area contributed by atoms with Gasteiger partial charge in [0.25, 0.3) is 0 Å². The average Bonchev–Trinajstić information content (AvgIpc) is 3.13. The molecule has 1 heterocycles. The maximum atomic E-state index is 13.5. The lowest BCUT2D eigenvalue weighted by atomic mass is 10.2. The van der Waals surface area contributed by atoms with Gasteiger partial charge >= 0.3 is 0 Å². The third-order valence-corrected chi connectivity index (χ3v) is 5.23. The Morgan fingerprint density at radius 2 is 1.76 bits per heavy atom. The van der Waals surface area contributed by atoms with Crippen molar-refractivity contribution in [1.82, 2.24) is 10.3 Å². The summed E-state index contributed by atoms with van der Waals surface area (Å²) in [5.74, 6) is -5.56. The van der Waals surface area contributed by atoms with Gasteiger partial charge in [0.15, 0.2) is 17.5 Å². The van der Waals surface area contributed by atoms with Crippen molar-refractivity contribution in [3.63, 3.8) is 0 Å². The number of carbonyl (C=O) groups is 2. The normalized spacial score (nSPS) is 10.9. The van der Waals surface area contributed by atoms with E-state index in [2.05, 4.69) is 15.6 Å².